The number of hydrogen-bond donors (Lipinski definition) is 1. The summed E-state index contributed by atoms with van der Waals surface area (Å²) >= 11 is 0. The zero-order valence-electron chi connectivity index (χ0n) is 21.3. The Hall–Kier alpha value is -3.55. The number of benzene rings is 2. The Morgan fingerprint density at radius 3 is 1.84 bits per heavy atom. The third kappa shape index (κ3) is 6.81. The van der Waals surface area contributed by atoms with Crippen molar-refractivity contribution in [2.45, 2.75) is 32.0 Å². The zero-order chi connectivity index (χ0) is 25.5. The van der Waals surface area contributed by atoms with E-state index in [1.807, 2.05) is 17.0 Å². The summed E-state index contributed by atoms with van der Waals surface area (Å²) in [5, 5.41) is 3.15. The van der Waals surface area contributed by atoms with Gasteiger partial charge in [0.05, 0.1) is 5.56 Å². The fourth-order valence-electron chi connectivity index (χ4n) is 5.11. The molecule has 0 radical (unpaired) electrons. The first-order valence-electron chi connectivity index (χ1n) is 13.2. The summed E-state index contributed by atoms with van der Waals surface area (Å²) in [5.74, 6) is -0.195. The highest BCUT2D eigenvalue weighted by molar-refractivity contribution is 5.96. The van der Waals surface area contributed by atoms with Gasteiger partial charge in [0, 0.05) is 64.6 Å². The highest BCUT2D eigenvalue weighted by atomic mass is 16.2. The van der Waals surface area contributed by atoms with Gasteiger partial charge in [0.2, 0.25) is 0 Å². The van der Waals surface area contributed by atoms with Crippen LogP contribution >= 0.6 is 0 Å². The smallest absolute Gasteiger partial charge is 0.272 e. The topological polar surface area (TPSA) is 68.8 Å². The number of carbonyl (C=O) groups excluding carboxylic acids is 2. The van der Waals surface area contributed by atoms with Crippen LogP contribution in [-0.4, -0.2) is 76.8 Å². The molecule has 1 N–H and O–H groups in total. The quantitative estimate of drug-likeness (QED) is 0.542. The highest BCUT2D eigenvalue weighted by Gasteiger charge is 2.24. The third-order valence-electron chi connectivity index (χ3n) is 7.33. The lowest BCUT2D eigenvalue weighted by Crippen LogP contribution is -2.48. The zero-order valence-corrected chi connectivity index (χ0v) is 21.3. The van der Waals surface area contributed by atoms with Gasteiger partial charge in [-0.3, -0.25) is 24.4 Å². The van der Waals surface area contributed by atoms with Crippen molar-refractivity contribution in [2.24, 2.45) is 0 Å². The maximum Gasteiger partial charge on any atom is 0.272 e. The van der Waals surface area contributed by atoms with Crippen LogP contribution in [0, 0.1) is 0 Å². The van der Waals surface area contributed by atoms with Crippen molar-refractivity contribution in [1.29, 1.82) is 0 Å². The number of pyridine rings is 1. The summed E-state index contributed by atoms with van der Waals surface area (Å²) in [4.78, 5) is 36.7. The molecule has 7 heteroatoms. The lowest BCUT2D eigenvalue weighted by Gasteiger charge is -2.34. The normalized spacial score (nSPS) is 17.5. The van der Waals surface area contributed by atoms with Crippen molar-refractivity contribution in [3.05, 3.63) is 101 Å². The molecule has 7 nitrogen and oxygen atoms in total. The minimum atomic E-state index is -0.123. The molecule has 0 aliphatic carbocycles. The van der Waals surface area contributed by atoms with Gasteiger partial charge < -0.3 is 10.2 Å². The molecular formula is C30H35N5O2. The van der Waals surface area contributed by atoms with Crippen LogP contribution in [0.4, 0.5) is 0 Å². The fraction of sp³-hybridized carbons (Fsp3) is 0.367. The number of carbonyl (C=O) groups is 2. The lowest BCUT2D eigenvalue weighted by molar-refractivity contribution is 0.0622. The van der Waals surface area contributed by atoms with Gasteiger partial charge in [0.15, 0.2) is 0 Å². The molecule has 2 aromatic carbocycles. The maximum absolute atomic E-state index is 13.0. The van der Waals surface area contributed by atoms with Gasteiger partial charge in [-0.15, -0.1) is 0 Å². The molecule has 1 aromatic heterocycles. The van der Waals surface area contributed by atoms with Crippen LogP contribution in [0.1, 0.15) is 44.8 Å². The lowest BCUT2D eigenvalue weighted by atomic mass is 10.0. The minimum absolute atomic E-state index is 0.0721. The number of rotatable bonds is 7. The number of likely N-dealkylation sites (tertiary alicyclic amines) is 1. The number of nitrogens with one attached hydrogen (secondary N) is 1. The summed E-state index contributed by atoms with van der Waals surface area (Å²) in [6, 6.07) is 24.4. The van der Waals surface area contributed by atoms with Gasteiger partial charge in [-0.05, 0) is 36.1 Å². The second-order valence-electron chi connectivity index (χ2n) is 10.00. The van der Waals surface area contributed by atoms with Crippen molar-refractivity contribution >= 4 is 11.8 Å². The summed E-state index contributed by atoms with van der Waals surface area (Å²) in [6.07, 6.45) is 3.39. The fourth-order valence-corrected chi connectivity index (χ4v) is 5.11. The first kappa shape index (κ1) is 25.1. The molecule has 3 heterocycles. The highest BCUT2D eigenvalue weighted by Crippen LogP contribution is 2.15. The molecular weight excluding hydrogens is 462 g/mol. The van der Waals surface area contributed by atoms with Crippen LogP contribution in [-0.2, 0) is 13.1 Å². The summed E-state index contributed by atoms with van der Waals surface area (Å²) in [5.41, 5.74) is 3.49. The largest absolute Gasteiger partial charge is 0.349 e. The standard InChI is InChI=1S/C30H35N5O2/c36-29(32-27-13-15-33(16-14-27)22-24-7-3-1-4-8-24)26-11-12-28(31-21-26)30(37)35-19-17-34(18-20-35)23-25-9-5-2-6-10-25/h1-12,21,27H,13-20,22-23H2,(H,32,36). The Kier molecular flexibility index (Phi) is 8.23. The molecule has 192 valence electrons. The van der Waals surface area contributed by atoms with Crippen LogP contribution in [0.15, 0.2) is 79.0 Å². The van der Waals surface area contributed by atoms with E-state index in [9.17, 15) is 9.59 Å². The molecule has 3 aromatic rings. The molecule has 2 fully saturated rings. The molecule has 2 amide bonds. The first-order valence-corrected chi connectivity index (χ1v) is 13.2. The van der Waals surface area contributed by atoms with Crippen molar-refractivity contribution in [2.75, 3.05) is 39.3 Å². The van der Waals surface area contributed by atoms with Gasteiger partial charge in [0.1, 0.15) is 5.69 Å². The van der Waals surface area contributed by atoms with Crippen LogP contribution in [0.25, 0.3) is 0 Å². The minimum Gasteiger partial charge on any atom is -0.349 e. The molecule has 0 saturated carbocycles. The van der Waals surface area contributed by atoms with E-state index < -0.39 is 0 Å². The SMILES string of the molecule is O=C(NC1CCN(Cc2ccccc2)CC1)c1ccc(C(=O)N2CCN(Cc3ccccc3)CC2)nc1. The summed E-state index contributed by atoms with van der Waals surface area (Å²) in [6.45, 7) is 6.81. The number of piperidine rings is 1. The monoisotopic (exact) mass is 497 g/mol. The number of piperazine rings is 1. The van der Waals surface area contributed by atoms with Crippen LogP contribution in [0.2, 0.25) is 0 Å². The van der Waals surface area contributed by atoms with E-state index in [-0.39, 0.29) is 17.9 Å². The molecule has 2 aliphatic heterocycles. The second kappa shape index (κ2) is 12.1. The Morgan fingerprint density at radius 2 is 1.30 bits per heavy atom. The molecule has 2 aliphatic rings. The van der Waals surface area contributed by atoms with Gasteiger partial charge in [-0.2, -0.15) is 0 Å². The molecule has 0 atom stereocenters. The van der Waals surface area contributed by atoms with Crippen molar-refractivity contribution < 1.29 is 9.59 Å². The Balaban J connectivity index is 1.06. The van der Waals surface area contributed by atoms with E-state index >= 15 is 0 Å². The molecule has 0 unspecified atom stereocenters. The molecule has 37 heavy (non-hydrogen) atoms. The molecule has 0 bridgehead atoms. The number of amides is 2. The first-order chi connectivity index (χ1) is 18.1. The Morgan fingerprint density at radius 1 is 0.730 bits per heavy atom. The van der Waals surface area contributed by atoms with Crippen molar-refractivity contribution in [3.63, 3.8) is 0 Å². The predicted octanol–water partition coefficient (Wildman–Crippen LogP) is 3.43. The van der Waals surface area contributed by atoms with Gasteiger partial charge in [0.25, 0.3) is 11.8 Å². The van der Waals surface area contributed by atoms with E-state index in [1.54, 1.807) is 12.1 Å². The van der Waals surface area contributed by atoms with Gasteiger partial charge >= 0.3 is 0 Å². The summed E-state index contributed by atoms with van der Waals surface area (Å²) < 4.78 is 0. The molecule has 2 saturated heterocycles. The predicted molar refractivity (Wildman–Crippen MR) is 144 cm³/mol. The van der Waals surface area contributed by atoms with Crippen LogP contribution in [0.3, 0.4) is 0 Å². The average molecular weight is 498 g/mol. The van der Waals surface area contributed by atoms with E-state index in [2.05, 4.69) is 68.6 Å². The summed E-state index contributed by atoms with van der Waals surface area (Å²) in [7, 11) is 0. The van der Waals surface area contributed by atoms with Crippen molar-refractivity contribution in [3.8, 4) is 0 Å². The average Bonchev–Trinajstić information content (AvgIpc) is 2.95. The number of hydrogen-bond acceptors (Lipinski definition) is 5. The van der Waals surface area contributed by atoms with E-state index in [4.69, 9.17) is 0 Å². The van der Waals surface area contributed by atoms with E-state index in [1.165, 1.54) is 17.3 Å². The second-order valence-corrected chi connectivity index (χ2v) is 10.00. The number of nitrogens with zero attached hydrogens (tertiary/aromatic N) is 4. The molecule has 0 spiro atoms. The van der Waals surface area contributed by atoms with E-state index in [0.717, 1.165) is 52.1 Å². The van der Waals surface area contributed by atoms with Crippen LogP contribution in [0.5, 0.6) is 0 Å². The van der Waals surface area contributed by atoms with E-state index in [0.29, 0.717) is 24.3 Å². The van der Waals surface area contributed by atoms with Crippen LogP contribution < -0.4 is 5.32 Å². The Bertz CT molecular complexity index is 1150. The molecule has 5 rings (SSSR count). The number of aromatic nitrogens is 1. The maximum atomic E-state index is 13.0. The third-order valence-corrected chi connectivity index (χ3v) is 7.33. The van der Waals surface area contributed by atoms with Crippen molar-refractivity contribution in [1.82, 2.24) is 25.0 Å². The van der Waals surface area contributed by atoms with Gasteiger partial charge in [-0.1, -0.05) is 60.7 Å². The Labute approximate surface area is 219 Å². The van der Waals surface area contributed by atoms with Gasteiger partial charge in [-0.25, -0.2) is 0 Å².